The van der Waals surface area contributed by atoms with E-state index >= 15 is 0 Å². The number of rotatable bonds is 7. The number of ether oxygens (including phenoxy) is 2. The van der Waals surface area contributed by atoms with Gasteiger partial charge in [0.05, 0.1) is 20.1 Å². The number of benzene rings is 2. The minimum atomic E-state index is -0.412. The minimum absolute atomic E-state index is 0.104. The highest BCUT2D eigenvalue weighted by atomic mass is 16.5. The topological polar surface area (TPSA) is 88.1 Å². The first-order valence-corrected chi connectivity index (χ1v) is 9.10. The number of hydrogen-bond donors (Lipinski definition) is 2. The molecule has 1 fully saturated rings. The number of amides is 2. The molecule has 2 amide bonds. The smallest absolute Gasteiger partial charge is 0.227 e. The summed E-state index contributed by atoms with van der Waals surface area (Å²) in [6.07, 6.45) is 0.690. The van der Waals surface area contributed by atoms with Gasteiger partial charge in [0.15, 0.2) is 11.5 Å². The predicted octanol–water partition coefficient (Wildman–Crippen LogP) is 2.12. The van der Waals surface area contributed by atoms with Gasteiger partial charge in [0.2, 0.25) is 11.8 Å². The van der Waals surface area contributed by atoms with Crippen molar-refractivity contribution in [3.63, 3.8) is 0 Å². The average molecular weight is 384 g/mol. The van der Waals surface area contributed by atoms with Crippen LogP contribution >= 0.6 is 0 Å². The Morgan fingerprint density at radius 3 is 2.64 bits per heavy atom. The zero-order chi connectivity index (χ0) is 20.1. The number of methoxy groups -OCH3 is 2. The maximum atomic E-state index is 12.5. The van der Waals surface area contributed by atoms with E-state index in [4.69, 9.17) is 9.47 Å². The molecule has 0 saturated carbocycles. The fraction of sp³-hybridized carbons (Fsp3) is 0.333. The van der Waals surface area contributed by atoms with Crippen LogP contribution in [0.4, 0.5) is 5.69 Å². The number of hydrogen-bond acceptors (Lipinski definition) is 5. The Bertz CT molecular complexity index is 868. The van der Waals surface area contributed by atoms with Gasteiger partial charge in [-0.25, -0.2) is 0 Å². The molecule has 1 aliphatic rings. The van der Waals surface area contributed by atoms with Crippen LogP contribution in [0.5, 0.6) is 17.2 Å². The molecule has 7 heteroatoms. The van der Waals surface area contributed by atoms with E-state index in [0.717, 1.165) is 5.56 Å². The molecule has 0 spiro atoms. The summed E-state index contributed by atoms with van der Waals surface area (Å²) < 4.78 is 10.5. The molecule has 3 rings (SSSR count). The van der Waals surface area contributed by atoms with Gasteiger partial charge >= 0.3 is 0 Å². The maximum Gasteiger partial charge on any atom is 0.227 e. The molecule has 2 aromatic rings. The summed E-state index contributed by atoms with van der Waals surface area (Å²) in [5, 5.41) is 12.6. The number of nitrogens with one attached hydrogen (secondary N) is 1. The van der Waals surface area contributed by atoms with Crippen LogP contribution < -0.4 is 19.7 Å². The lowest BCUT2D eigenvalue weighted by Gasteiger charge is -2.18. The van der Waals surface area contributed by atoms with Crippen LogP contribution in [-0.2, 0) is 16.0 Å². The number of aromatic hydroxyl groups is 1. The second-order valence-corrected chi connectivity index (χ2v) is 6.61. The third-order valence-electron chi connectivity index (χ3n) is 4.86. The fourth-order valence-electron chi connectivity index (χ4n) is 3.31. The SMILES string of the molecule is COc1ccc(N2CC(C(=O)NCCc3ccccc3O)CC2=O)cc1OC. The van der Waals surface area contributed by atoms with Crippen molar-refractivity contribution in [3.8, 4) is 17.2 Å². The first-order valence-electron chi connectivity index (χ1n) is 9.10. The van der Waals surface area contributed by atoms with Crippen LogP contribution in [0.2, 0.25) is 0 Å². The van der Waals surface area contributed by atoms with E-state index in [2.05, 4.69) is 5.32 Å². The summed E-state index contributed by atoms with van der Waals surface area (Å²) in [6.45, 7) is 0.716. The summed E-state index contributed by atoms with van der Waals surface area (Å²) in [7, 11) is 3.09. The zero-order valence-electron chi connectivity index (χ0n) is 16.0. The highest BCUT2D eigenvalue weighted by molar-refractivity contribution is 6.00. The van der Waals surface area contributed by atoms with Crippen LogP contribution in [0.25, 0.3) is 0 Å². The minimum Gasteiger partial charge on any atom is -0.508 e. The van der Waals surface area contributed by atoms with Crippen molar-refractivity contribution >= 4 is 17.5 Å². The Labute approximate surface area is 163 Å². The zero-order valence-corrected chi connectivity index (χ0v) is 16.0. The normalized spacial score (nSPS) is 16.1. The van der Waals surface area contributed by atoms with Gasteiger partial charge in [-0.2, -0.15) is 0 Å². The second kappa shape index (κ2) is 8.65. The molecule has 28 heavy (non-hydrogen) atoms. The van der Waals surface area contributed by atoms with Crippen LogP contribution in [0.15, 0.2) is 42.5 Å². The number of para-hydroxylation sites is 1. The van der Waals surface area contributed by atoms with Gasteiger partial charge in [-0.3, -0.25) is 9.59 Å². The first-order chi connectivity index (χ1) is 13.5. The maximum absolute atomic E-state index is 12.5. The van der Waals surface area contributed by atoms with Crippen LogP contribution in [-0.4, -0.2) is 44.2 Å². The monoisotopic (exact) mass is 384 g/mol. The highest BCUT2D eigenvalue weighted by Gasteiger charge is 2.35. The summed E-state index contributed by atoms with van der Waals surface area (Å²) in [5.74, 6) is 0.650. The first kappa shape index (κ1) is 19.5. The Morgan fingerprint density at radius 2 is 1.93 bits per heavy atom. The quantitative estimate of drug-likeness (QED) is 0.764. The largest absolute Gasteiger partial charge is 0.508 e. The van der Waals surface area contributed by atoms with Crippen LogP contribution in [0, 0.1) is 5.92 Å². The second-order valence-electron chi connectivity index (χ2n) is 6.61. The summed E-state index contributed by atoms with van der Waals surface area (Å²) >= 11 is 0. The molecule has 7 nitrogen and oxygen atoms in total. The van der Waals surface area contributed by atoms with E-state index in [0.29, 0.717) is 36.7 Å². The summed E-state index contributed by atoms with van der Waals surface area (Å²) in [4.78, 5) is 26.5. The van der Waals surface area contributed by atoms with E-state index in [1.807, 2.05) is 12.1 Å². The van der Waals surface area contributed by atoms with E-state index in [9.17, 15) is 14.7 Å². The molecule has 1 aliphatic heterocycles. The van der Waals surface area contributed by atoms with Gasteiger partial charge < -0.3 is 24.8 Å². The Hall–Kier alpha value is -3.22. The molecule has 0 bridgehead atoms. The molecule has 0 radical (unpaired) electrons. The number of phenols is 1. The van der Waals surface area contributed by atoms with Crippen LogP contribution in [0.3, 0.4) is 0 Å². The van der Waals surface area contributed by atoms with Gasteiger partial charge in [0.25, 0.3) is 0 Å². The lowest BCUT2D eigenvalue weighted by Crippen LogP contribution is -2.34. The number of carbonyl (C=O) groups is 2. The molecule has 148 valence electrons. The van der Waals surface area contributed by atoms with Crippen molar-refractivity contribution in [2.75, 3.05) is 32.2 Å². The molecule has 1 unspecified atom stereocenters. The van der Waals surface area contributed by atoms with E-state index in [1.165, 1.54) is 7.11 Å². The summed E-state index contributed by atoms with van der Waals surface area (Å²) in [6, 6.07) is 12.3. The van der Waals surface area contributed by atoms with E-state index < -0.39 is 5.92 Å². The van der Waals surface area contributed by atoms with Crippen molar-refractivity contribution in [1.82, 2.24) is 5.32 Å². The molecular formula is C21H24N2O5. The Morgan fingerprint density at radius 1 is 1.18 bits per heavy atom. The lowest BCUT2D eigenvalue weighted by molar-refractivity contribution is -0.126. The number of nitrogens with zero attached hydrogens (tertiary/aromatic N) is 1. The van der Waals surface area contributed by atoms with Gasteiger partial charge in [-0.15, -0.1) is 0 Å². The number of carbonyl (C=O) groups excluding carboxylic acids is 2. The van der Waals surface area contributed by atoms with E-state index in [-0.39, 0.29) is 24.0 Å². The molecule has 0 aliphatic carbocycles. The van der Waals surface area contributed by atoms with Gasteiger partial charge in [-0.05, 0) is 30.2 Å². The molecule has 1 saturated heterocycles. The average Bonchev–Trinajstić information content (AvgIpc) is 3.10. The molecule has 2 N–H and O–H groups in total. The van der Waals surface area contributed by atoms with E-state index in [1.54, 1.807) is 42.3 Å². The number of anilines is 1. The third kappa shape index (κ3) is 4.19. The standard InChI is InChI=1S/C21H24N2O5/c1-27-18-8-7-16(12-19(18)28-2)23-13-15(11-20(23)25)21(26)22-10-9-14-5-3-4-6-17(14)24/h3-8,12,15,24H,9-11,13H2,1-2H3,(H,22,26). The fourth-order valence-corrected chi connectivity index (χ4v) is 3.31. The summed E-state index contributed by atoms with van der Waals surface area (Å²) in [5.41, 5.74) is 1.45. The Balaban J connectivity index is 1.59. The van der Waals surface area contributed by atoms with Crippen molar-refractivity contribution in [2.24, 2.45) is 5.92 Å². The molecule has 1 atom stereocenters. The molecular weight excluding hydrogens is 360 g/mol. The third-order valence-corrected chi connectivity index (χ3v) is 4.86. The van der Waals surface area contributed by atoms with Crippen molar-refractivity contribution < 1.29 is 24.2 Å². The number of phenolic OH excluding ortho intramolecular Hbond substituents is 1. The van der Waals surface area contributed by atoms with Crippen molar-refractivity contribution in [2.45, 2.75) is 12.8 Å². The van der Waals surface area contributed by atoms with Crippen molar-refractivity contribution in [3.05, 3.63) is 48.0 Å². The van der Waals surface area contributed by atoms with Gasteiger partial charge in [0.1, 0.15) is 5.75 Å². The molecule has 0 aromatic heterocycles. The van der Waals surface area contributed by atoms with Gasteiger partial charge in [-0.1, -0.05) is 18.2 Å². The Kier molecular flexibility index (Phi) is 6.03. The van der Waals surface area contributed by atoms with Gasteiger partial charge in [0, 0.05) is 31.3 Å². The highest BCUT2D eigenvalue weighted by Crippen LogP contribution is 2.34. The van der Waals surface area contributed by atoms with Crippen LogP contribution in [0.1, 0.15) is 12.0 Å². The van der Waals surface area contributed by atoms with Crippen molar-refractivity contribution in [1.29, 1.82) is 0 Å². The predicted molar refractivity (Wildman–Crippen MR) is 105 cm³/mol. The molecule has 1 heterocycles. The molecule has 2 aromatic carbocycles. The lowest BCUT2D eigenvalue weighted by atomic mass is 10.1.